The lowest BCUT2D eigenvalue weighted by atomic mass is 9.78. The Kier molecular flexibility index (Phi) is 4.79. The first-order valence-corrected chi connectivity index (χ1v) is 12.2. The lowest BCUT2D eigenvalue weighted by Gasteiger charge is -2.25. The third kappa shape index (κ3) is 2.88. The van der Waals surface area contributed by atoms with Gasteiger partial charge in [0.1, 0.15) is 17.7 Å². The third-order valence-electron chi connectivity index (χ3n) is 6.50. The lowest BCUT2D eigenvalue weighted by Crippen LogP contribution is -2.23. The molecule has 3 atom stereocenters. The van der Waals surface area contributed by atoms with Crippen molar-refractivity contribution in [1.29, 1.82) is 0 Å². The highest BCUT2D eigenvalue weighted by molar-refractivity contribution is 9.10. The number of aromatic nitrogens is 1. The molecule has 1 fully saturated rings. The van der Waals surface area contributed by atoms with Gasteiger partial charge in [-0.15, -0.1) is 0 Å². The molecule has 5 rings (SSSR count). The molecule has 32 heavy (non-hydrogen) atoms. The second kappa shape index (κ2) is 7.21. The zero-order valence-corrected chi connectivity index (χ0v) is 19.9. The highest BCUT2D eigenvalue weighted by Crippen LogP contribution is 2.63. The molecular weight excluding hydrogens is 503 g/mol. The van der Waals surface area contributed by atoms with E-state index in [0.29, 0.717) is 16.9 Å². The molecule has 1 saturated carbocycles. The smallest absolute Gasteiger partial charge is 0.270 e. The van der Waals surface area contributed by atoms with Crippen molar-refractivity contribution in [2.24, 2.45) is 5.92 Å². The van der Waals surface area contributed by atoms with Crippen LogP contribution in [0.3, 0.4) is 0 Å². The molecule has 2 aliphatic rings. The van der Waals surface area contributed by atoms with Gasteiger partial charge in [0.15, 0.2) is 16.5 Å². The maximum absolute atomic E-state index is 14.9. The van der Waals surface area contributed by atoms with Crippen molar-refractivity contribution in [3.05, 3.63) is 52.0 Å². The average Bonchev–Trinajstić information content (AvgIpc) is 3.09. The van der Waals surface area contributed by atoms with Crippen LogP contribution in [0.5, 0.6) is 11.5 Å². The van der Waals surface area contributed by atoms with Gasteiger partial charge in [-0.25, -0.2) is 12.8 Å². The number of fused-ring (bicyclic) bond motifs is 4. The summed E-state index contributed by atoms with van der Waals surface area (Å²) in [6.07, 6.45) is -0.756. The van der Waals surface area contributed by atoms with Crippen LogP contribution >= 0.6 is 15.9 Å². The average molecular weight is 523 g/mol. The zero-order valence-electron chi connectivity index (χ0n) is 17.5. The zero-order chi connectivity index (χ0) is 22.8. The Labute approximate surface area is 193 Å². The molecule has 7 nitrogen and oxygen atoms in total. The molecule has 168 valence electrons. The minimum atomic E-state index is -4.16. The molecule has 1 aromatic heterocycles. The normalized spacial score (nSPS) is 23.4. The molecule has 0 radical (unpaired) electrons. The number of methoxy groups -OCH3 is 2. The highest BCUT2D eigenvalue weighted by Gasteiger charge is 2.66. The van der Waals surface area contributed by atoms with Crippen molar-refractivity contribution in [1.82, 2.24) is 5.16 Å². The number of sulfonamides is 1. The number of nitrogens with one attached hydrogen (secondary N) is 1. The van der Waals surface area contributed by atoms with Crippen molar-refractivity contribution in [2.75, 3.05) is 18.9 Å². The van der Waals surface area contributed by atoms with Gasteiger partial charge in [-0.1, -0.05) is 40.1 Å². The van der Waals surface area contributed by atoms with Crippen LogP contribution in [0.25, 0.3) is 11.3 Å². The molecule has 0 bridgehead atoms. The lowest BCUT2D eigenvalue weighted by molar-refractivity contribution is 0.373. The molecule has 1 spiro atoms. The van der Waals surface area contributed by atoms with Crippen LogP contribution < -0.4 is 14.2 Å². The van der Waals surface area contributed by atoms with Crippen LogP contribution in [0.2, 0.25) is 0 Å². The Morgan fingerprint density at radius 1 is 1.22 bits per heavy atom. The maximum atomic E-state index is 14.9. The van der Waals surface area contributed by atoms with Crippen molar-refractivity contribution in [2.45, 2.75) is 29.8 Å². The van der Waals surface area contributed by atoms with Gasteiger partial charge in [-0.3, -0.25) is 4.72 Å². The summed E-state index contributed by atoms with van der Waals surface area (Å²) in [6.45, 7) is 1.86. The van der Waals surface area contributed by atoms with E-state index >= 15 is 0 Å². The molecular formula is C22H20BrFN2O5S. The van der Waals surface area contributed by atoms with Crippen LogP contribution in [-0.4, -0.2) is 34.0 Å². The molecule has 0 saturated heterocycles. The summed E-state index contributed by atoms with van der Waals surface area (Å²) >= 11 is 3.45. The van der Waals surface area contributed by atoms with Gasteiger partial charge in [-0.2, -0.15) is 0 Å². The fourth-order valence-corrected chi connectivity index (χ4v) is 6.46. The van der Waals surface area contributed by atoms with Gasteiger partial charge < -0.3 is 14.0 Å². The monoisotopic (exact) mass is 522 g/mol. The Hall–Kier alpha value is -2.59. The van der Waals surface area contributed by atoms with Crippen LogP contribution in [0.1, 0.15) is 18.1 Å². The first-order valence-electron chi connectivity index (χ1n) is 9.91. The van der Waals surface area contributed by atoms with Gasteiger partial charge in [0.2, 0.25) is 0 Å². The molecule has 1 heterocycles. The molecule has 2 aliphatic carbocycles. The quantitative estimate of drug-likeness (QED) is 0.522. The Bertz CT molecular complexity index is 1310. The minimum Gasteiger partial charge on any atom is -0.495 e. The Balaban J connectivity index is 1.62. The van der Waals surface area contributed by atoms with Crippen molar-refractivity contribution in [3.8, 4) is 22.8 Å². The molecule has 10 heteroatoms. The predicted octanol–water partition coefficient (Wildman–Crippen LogP) is 4.70. The van der Waals surface area contributed by atoms with E-state index < -0.39 is 21.6 Å². The number of halogens is 2. The number of hydrogen-bond donors (Lipinski definition) is 1. The summed E-state index contributed by atoms with van der Waals surface area (Å²) in [5.74, 6) is 0.510. The summed E-state index contributed by atoms with van der Waals surface area (Å²) in [5.41, 5.74) is 1.36. The fourth-order valence-electron chi connectivity index (χ4n) is 4.75. The van der Waals surface area contributed by atoms with Gasteiger partial charge >= 0.3 is 0 Å². The minimum absolute atomic E-state index is 0.0317. The highest BCUT2D eigenvalue weighted by atomic mass is 79.9. The number of nitrogens with zero attached hydrogens (tertiary/aromatic N) is 1. The Morgan fingerprint density at radius 2 is 1.88 bits per heavy atom. The number of rotatable bonds is 5. The van der Waals surface area contributed by atoms with E-state index in [2.05, 4.69) is 25.8 Å². The van der Waals surface area contributed by atoms with Crippen molar-refractivity contribution >= 4 is 31.8 Å². The van der Waals surface area contributed by atoms with E-state index in [9.17, 15) is 12.8 Å². The second-order valence-electron chi connectivity index (χ2n) is 8.03. The number of benzene rings is 2. The number of hydrogen-bond acceptors (Lipinski definition) is 6. The Morgan fingerprint density at radius 3 is 2.47 bits per heavy atom. The van der Waals surface area contributed by atoms with Gasteiger partial charge in [-0.05, 0) is 36.2 Å². The molecule has 2 aromatic carbocycles. The van der Waals surface area contributed by atoms with Crippen molar-refractivity contribution in [3.63, 3.8) is 0 Å². The van der Waals surface area contributed by atoms with E-state index in [1.54, 1.807) is 6.07 Å². The summed E-state index contributed by atoms with van der Waals surface area (Å²) in [5, 5.41) is 4.01. The van der Waals surface area contributed by atoms with Gasteiger partial charge in [0.25, 0.3) is 10.0 Å². The molecule has 0 aliphatic heterocycles. The second-order valence-corrected chi connectivity index (χ2v) is 10.6. The molecule has 0 unspecified atom stereocenters. The van der Waals surface area contributed by atoms with E-state index in [4.69, 9.17) is 14.0 Å². The van der Waals surface area contributed by atoms with E-state index in [1.807, 2.05) is 25.1 Å². The van der Waals surface area contributed by atoms with Crippen LogP contribution in [0, 0.1) is 5.92 Å². The molecule has 3 aromatic rings. The largest absolute Gasteiger partial charge is 0.495 e. The fraction of sp³-hybridized carbons (Fsp3) is 0.318. The topological polar surface area (TPSA) is 90.7 Å². The van der Waals surface area contributed by atoms with Crippen LogP contribution in [0.15, 0.2) is 50.3 Å². The van der Waals surface area contributed by atoms with E-state index in [1.165, 1.54) is 26.4 Å². The maximum Gasteiger partial charge on any atom is 0.270 e. The summed E-state index contributed by atoms with van der Waals surface area (Å²) in [6, 6.07) is 10.3. The van der Waals surface area contributed by atoms with E-state index in [-0.39, 0.29) is 34.6 Å². The summed E-state index contributed by atoms with van der Waals surface area (Å²) in [7, 11) is -1.41. The SMILES string of the molecule is COc1cccc(OC)c1S(=O)(=O)Nc1noc2c1C[C@@]1(c3ccc(Br)cc3-2)[C@@H](C)[C@@H]1F. The molecule has 1 N–H and O–H groups in total. The summed E-state index contributed by atoms with van der Waals surface area (Å²) < 4.78 is 60.9. The van der Waals surface area contributed by atoms with Gasteiger partial charge in [0, 0.05) is 26.9 Å². The van der Waals surface area contributed by atoms with Crippen LogP contribution in [-0.2, 0) is 21.9 Å². The third-order valence-corrected chi connectivity index (χ3v) is 8.40. The molecule has 0 amide bonds. The first kappa shape index (κ1) is 21.3. The van der Waals surface area contributed by atoms with Crippen LogP contribution in [0.4, 0.5) is 10.2 Å². The number of ether oxygens (including phenoxy) is 2. The van der Waals surface area contributed by atoms with Crippen molar-refractivity contribution < 1.29 is 26.8 Å². The predicted molar refractivity (Wildman–Crippen MR) is 119 cm³/mol. The summed E-state index contributed by atoms with van der Waals surface area (Å²) in [4.78, 5) is -0.154. The standard InChI is InChI=1S/C22H20BrFN2O5S/c1-11-20(24)22(11)10-14-18(13-9-12(23)7-8-15(13)22)31-25-21(14)26-32(27,28)19-16(29-2)5-4-6-17(19)30-3/h4-9,11,20H,10H2,1-3H3,(H,25,26)/t11-,20-,22-/m0/s1. The van der Waals surface area contributed by atoms with Gasteiger partial charge in [0.05, 0.1) is 14.2 Å². The number of anilines is 1. The number of alkyl halides is 1. The van der Waals surface area contributed by atoms with E-state index in [0.717, 1.165) is 10.0 Å². The first-order chi connectivity index (χ1) is 15.2.